The smallest absolute Gasteiger partial charge is 0.257 e. The third kappa shape index (κ3) is 6.52. The van der Waals surface area contributed by atoms with E-state index in [1.165, 1.54) is 12.1 Å². The van der Waals surface area contributed by atoms with E-state index in [4.69, 9.17) is 0 Å². The maximum Gasteiger partial charge on any atom is 0.257 e. The highest BCUT2D eigenvalue weighted by atomic mass is 16.3. The SMILES string of the molecule is C\C=C/C=C\C=C(/C)C(=O)N1CCN(C(=O)c2cccc(Nc3c(N[C@H](CC)c4ccccc4)c(=O)c3=O)c2O)CC1. The fourth-order valence-electron chi connectivity index (χ4n) is 4.86. The van der Waals surface area contributed by atoms with Crippen LogP contribution in [0.4, 0.5) is 17.1 Å². The van der Waals surface area contributed by atoms with Crippen LogP contribution in [-0.2, 0) is 4.79 Å². The third-order valence-electron chi connectivity index (χ3n) is 7.32. The number of nitrogens with zero attached hydrogens (tertiary/aromatic N) is 2. The van der Waals surface area contributed by atoms with E-state index in [-0.39, 0.29) is 46.2 Å². The Morgan fingerprint density at radius 2 is 1.57 bits per heavy atom. The van der Waals surface area contributed by atoms with Crippen LogP contribution in [-0.4, -0.2) is 52.9 Å². The Hall–Kier alpha value is -4.92. The van der Waals surface area contributed by atoms with Gasteiger partial charge in [0, 0.05) is 31.8 Å². The summed E-state index contributed by atoms with van der Waals surface area (Å²) in [5, 5.41) is 17.0. The molecule has 0 unspecified atom stereocenters. The molecule has 9 nitrogen and oxygen atoms in total. The summed E-state index contributed by atoms with van der Waals surface area (Å²) in [7, 11) is 0. The summed E-state index contributed by atoms with van der Waals surface area (Å²) >= 11 is 0. The molecule has 0 saturated carbocycles. The summed E-state index contributed by atoms with van der Waals surface area (Å²) in [4.78, 5) is 54.3. The first-order valence-electron chi connectivity index (χ1n) is 14.0. The van der Waals surface area contributed by atoms with Crippen LogP contribution in [0.15, 0.2) is 94.1 Å². The van der Waals surface area contributed by atoms with E-state index in [9.17, 15) is 24.3 Å². The van der Waals surface area contributed by atoms with Gasteiger partial charge in [0.2, 0.25) is 5.91 Å². The number of hydrogen-bond donors (Lipinski definition) is 3. The van der Waals surface area contributed by atoms with Crippen LogP contribution in [0, 0.1) is 0 Å². The number of amides is 2. The molecule has 3 aromatic rings. The van der Waals surface area contributed by atoms with Crippen LogP contribution >= 0.6 is 0 Å². The molecule has 218 valence electrons. The number of para-hydroxylation sites is 1. The zero-order valence-electron chi connectivity index (χ0n) is 24.1. The molecule has 1 fully saturated rings. The Morgan fingerprint density at radius 3 is 2.24 bits per heavy atom. The highest BCUT2D eigenvalue weighted by Crippen LogP contribution is 2.33. The number of phenolic OH excluding ortho intramolecular Hbond substituents is 1. The maximum absolute atomic E-state index is 13.3. The van der Waals surface area contributed by atoms with Gasteiger partial charge < -0.3 is 25.5 Å². The number of benzene rings is 2. The number of phenols is 1. The molecule has 1 heterocycles. The van der Waals surface area contributed by atoms with Crippen LogP contribution < -0.4 is 21.5 Å². The zero-order chi connectivity index (χ0) is 30.2. The Balaban J connectivity index is 1.44. The zero-order valence-corrected chi connectivity index (χ0v) is 24.1. The summed E-state index contributed by atoms with van der Waals surface area (Å²) in [5.74, 6) is -0.790. The fraction of sp³-hybridized carbons (Fsp3) is 0.273. The van der Waals surface area contributed by atoms with Gasteiger partial charge in [-0.1, -0.05) is 73.7 Å². The van der Waals surface area contributed by atoms with E-state index >= 15 is 0 Å². The van der Waals surface area contributed by atoms with Gasteiger partial charge in [0.25, 0.3) is 16.8 Å². The lowest BCUT2D eigenvalue weighted by molar-refractivity contribution is -0.128. The average Bonchev–Trinajstić information content (AvgIpc) is 3.03. The predicted molar refractivity (Wildman–Crippen MR) is 166 cm³/mol. The van der Waals surface area contributed by atoms with Crippen LogP contribution in [0.1, 0.15) is 49.2 Å². The lowest BCUT2D eigenvalue weighted by atomic mass is 10.0. The molecule has 0 bridgehead atoms. The van der Waals surface area contributed by atoms with Crippen LogP contribution in [0.2, 0.25) is 0 Å². The van der Waals surface area contributed by atoms with Gasteiger partial charge in [-0.2, -0.15) is 0 Å². The summed E-state index contributed by atoms with van der Waals surface area (Å²) < 4.78 is 0. The van der Waals surface area contributed by atoms with Crippen molar-refractivity contribution in [1.82, 2.24) is 9.80 Å². The topological polar surface area (TPSA) is 119 Å². The lowest BCUT2D eigenvalue weighted by Crippen LogP contribution is -2.50. The number of nitrogens with one attached hydrogen (secondary N) is 2. The highest BCUT2D eigenvalue weighted by molar-refractivity contribution is 5.99. The van der Waals surface area contributed by atoms with Crippen molar-refractivity contribution in [3.8, 4) is 5.75 Å². The molecule has 0 spiro atoms. The van der Waals surface area contributed by atoms with E-state index in [1.54, 1.807) is 28.9 Å². The second-order valence-electron chi connectivity index (χ2n) is 10.1. The van der Waals surface area contributed by atoms with Crippen LogP contribution in [0.3, 0.4) is 0 Å². The van der Waals surface area contributed by atoms with Gasteiger partial charge in [-0.25, -0.2) is 0 Å². The van der Waals surface area contributed by atoms with Crippen molar-refractivity contribution in [2.24, 2.45) is 0 Å². The van der Waals surface area contributed by atoms with Crippen molar-refractivity contribution in [2.45, 2.75) is 33.2 Å². The molecule has 3 N–H and O–H groups in total. The molecule has 0 radical (unpaired) electrons. The number of carbonyl (C=O) groups excluding carboxylic acids is 2. The number of allylic oxidation sites excluding steroid dienone is 5. The summed E-state index contributed by atoms with van der Waals surface area (Å²) in [6, 6.07) is 14.1. The molecule has 1 atom stereocenters. The molecule has 0 aliphatic carbocycles. The largest absolute Gasteiger partial charge is 0.505 e. The van der Waals surface area contributed by atoms with Crippen LogP contribution in [0.5, 0.6) is 5.75 Å². The first-order chi connectivity index (χ1) is 20.3. The summed E-state index contributed by atoms with van der Waals surface area (Å²) in [6.45, 7) is 7.01. The molecular formula is C33H36N4O5. The van der Waals surface area contributed by atoms with Gasteiger partial charge in [0.15, 0.2) is 5.75 Å². The Bertz CT molecular complexity index is 1590. The van der Waals surface area contributed by atoms with Crippen LogP contribution in [0.25, 0.3) is 0 Å². The Kier molecular flexibility index (Phi) is 9.75. The Labute approximate surface area is 245 Å². The first-order valence-corrected chi connectivity index (χ1v) is 14.0. The van der Waals surface area contributed by atoms with Gasteiger partial charge in [0.05, 0.1) is 17.3 Å². The third-order valence-corrected chi connectivity index (χ3v) is 7.32. The predicted octanol–water partition coefficient (Wildman–Crippen LogP) is 4.66. The van der Waals surface area contributed by atoms with Gasteiger partial charge in [-0.3, -0.25) is 19.2 Å². The number of aromatic hydroxyl groups is 1. The minimum absolute atomic E-state index is 0.0467. The Morgan fingerprint density at radius 1 is 0.905 bits per heavy atom. The minimum Gasteiger partial charge on any atom is -0.505 e. The van der Waals surface area contributed by atoms with Crippen molar-refractivity contribution in [3.05, 3.63) is 116 Å². The van der Waals surface area contributed by atoms with Gasteiger partial charge in [-0.05, 0) is 38.0 Å². The molecule has 42 heavy (non-hydrogen) atoms. The highest BCUT2D eigenvalue weighted by Gasteiger charge is 2.29. The maximum atomic E-state index is 13.3. The second-order valence-corrected chi connectivity index (χ2v) is 10.1. The first kappa shape index (κ1) is 30.0. The summed E-state index contributed by atoms with van der Waals surface area (Å²) in [5.41, 5.74) is 0.651. The second kappa shape index (κ2) is 13.6. The van der Waals surface area contributed by atoms with Gasteiger partial charge in [-0.15, -0.1) is 0 Å². The van der Waals surface area contributed by atoms with Gasteiger partial charge >= 0.3 is 0 Å². The molecular weight excluding hydrogens is 532 g/mol. The van der Waals surface area contributed by atoms with Gasteiger partial charge in [0.1, 0.15) is 11.4 Å². The number of carbonyl (C=O) groups is 2. The molecule has 4 rings (SSSR count). The van der Waals surface area contributed by atoms with E-state index in [1.807, 2.05) is 68.5 Å². The standard InChI is InChI=1S/C33H36N4O5/c1-4-6-7-9-13-22(3)32(41)36-18-20-37(21-19-36)33(42)24-16-12-17-26(29(24)38)35-28-27(30(39)31(28)40)34-25(5-2)23-14-10-8-11-15-23/h4,6-17,25,34-35,38H,5,18-21H2,1-3H3/b6-4-,9-7-,22-13+/t25-/m1/s1. The molecule has 0 aromatic heterocycles. The molecule has 2 amide bonds. The summed E-state index contributed by atoms with van der Waals surface area (Å²) in [6.07, 6.45) is 9.88. The van der Waals surface area contributed by atoms with Crippen molar-refractivity contribution < 1.29 is 14.7 Å². The van der Waals surface area contributed by atoms with E-state index in [0.717, 1.165) is 5.56 Å². The molecule has 1 saturated heterocycles. The molecule has 1 aliphatic rings. The van der Waals surface area contributed by atoms with E-state index in [0.29, 0.717) is 38.2 Å². The van der Waals surface area contributed by atoms with E-state index < -0.39 is 10.9 Å². The number of hydrogen-bond acceptors (Lipinski definition) is 7. The number of piperazine rings is 1. The molecule has 3 aromatic carbocycles. The quantitative estimate of drug-likeness (QED) is 0.141. The average molecular weight is 569 g/mol. The lowest BCUT2D eigenvalue weighted by Gasteiger charge is -2.35. The number of anilines is 3. The van der Waals surface area contributed by atoms with E-state index in [2.05, 4.69) is 10.6 Å². The monoisotopic (exact) mass is 568 g/mol. The molecule has 9 heteroatoms. The number of rotatable bonds is 10. The fourth-order valence-corrected chi connectivity index (χ4v) is 4.86. The van der Waals surface area contributed by atoms with Crippen molar-refractivity contribution in [1.29, 1.82) is 0 Å². The van der Waals surface area contributed by atoms with Crippen molar-refractivity contribution in [2.75, 3.05) is 36.8 Å². The van der Waals surface area contributed by atoms with Crippen molar-refractivity contribution in [3.63, 3.8) is 0 Å². The minimum atomic E-state index is -0.695. The molecule has 1 aliphatic heterocycles. The van der Waals surface area contributed by atoms with Crippen molar-refractivity contribution >= 4 is 28.9 Å². The normalized spacial score (nSPS) is 15.0.